The highest BCUT2D eigenvalue weighted by atomic mass is 19.1. The quantitative estimate of drug-likeness (QED) is 0.611. The fourth-order valence-electron chi connectivity index (χ4n) is 4.08. The van der Waals surface area contributed by atoms with E-state index in [1.54, 1.807) is 58.7 Å². The van der Waals surface area contributed by atoms with Gasteiger partial charge in [0, 0.05) is 32.7 Å². The second-order valence-electron chi connectivity index (χ2n) is 10.1. The van der Waals surface area contributed by atoms with Crippen LogP contribution in [-0.4, -0.2) is 70.2 Å². The molecule has 1 saturated heterocycles. The molecule has 0 saturated carbocycles. The van der Waals surface area contributed by atoms with Crippen LogP contribution in [0.4, 0.5) is 14.9 Å². The van der Waals surface area contributed by atoms with Crippen LogP contribution in [0.25, 0.3) is 0 Å². The Morgan fingerprint density at radius 3 is 2.25 bits per heavy atom. The molecule has 0 bridgehead atoms. The first-order valence-corrected chi connectivity index (χ1v) is 12.1. The van der Waals surface area contributed by atoms with Crippen LogP contribution in [-0.2, 0) is 16.1 Å². The largest absolute Gasteiger partial charge is 0.453 e. The standard InChI is InChI=1S/C26H36FN5O4/c1-17-23(30-25(34)36-26(3,4)5)18(2)29-24(28-17)35-16-22(33)31(6)21-11-13-32(14-12-21)15-19-7-9-20(27)10-8-19/h7-10,21H,11-16H2,1-6H3,(H,30,34). The molecule has 1 aliphatic heterocycles. The number of hydrogen-bond donors (Lipinski definition) is 1. The van der Waals surface area contributed by atoms with Gasteiger partial charge in [0.05, 0.1) is 17.1 Å². The highest BCUT2D eigenvalue weighted by Gasteiger charge is 2.26. The van der Waals surface area contributed by atoms with Crippen LogP contribution >= 0.6 is 0 Å². The van der Waals surface area contributed by atoms with Gasteiger partial charge in [0.1, 0.15) is 11.4 Å². The highest BCUT2D eigenvalue weighted by Crippen LogP contribution is 2.22. The molecular formula is C26H36FN5O4. The number of nitrogens with one attached hydrogen (secondary N) is 1. The summed E-state index contributed by atoms with van der Waals surface area (Å²) in [6.45, 7) is 11.1. The van der Waals surface area contributed by atoms with Gasteiger partial charge in [-0.15, -0.1) is 0 Å². The van der Waals surface area contributed by atoms with Crippen LogP contribution in [0.2, 0.25) is 0 Å². The van der Waals surface area contributed by atoms with E-state index in [4.69, 9.17) is 9.47 Å². The maximum absolute atomic E-state index is 13.1. The van der Waals surface area contributed by atoms with Crippen molar-refractivity contribution in [2.45, 2.75) is 65.6 Å². The number of benzene rings is 1. The second kappa shape index (κ2) is 11.6. The highest BCUT2D eigenvalue weighted by molar-refractivity contribution is 5.86. The van der Waals surface area contributed by atoms with Gasteiger partial charge in [-0.1, -0.05) is 12.1 Å². The summed E-state index contributed by atoms with van der Waals surface area (Å²) in [5.41, 5.74) is 1.93. The summed E-state index contributed by atoms with van der Waals surface area (Å²) < 4.78 is 24.0. The van der Waals surface area contributed by atoms with Gasteiger partial charge in [0.25, 0.3) is 5.91 Å². The van der Waals surface area contributed by atoms with Crippen molar-refractivity contribution in [1.82, 2.24) is 19.8 Å². The van der Waals surface area contributed by atoms with Crippen molar-refractivity contribution in [1.29, 1.82) is 0 Å². The number of piperidine rings is 1. The summed E-state index contributed by atoms with van der Waals surface area (Å²) in [6, 6.07) is 6.77. The Labute approximate surface area is 212 Å². The lowest BCUT2D eigenvalue weighted by atomic mass is 10.0. The Morgan fingerprint density at radius 1 is 1.11 bits per heavy atom. The van der Waals surface area contributed by atoms with Crippen molar-refractivity contribution in [2.75, 3.05) is 32.1 Å². The Morgan fingerprint density at radius 2 is 1.69 bits per heavy atom. The fourth-order valence-corrected chi connectivity index (χ4v) is 4.08. The van der Waals surface area contributed by atoms with E-state index in [1.165, 1.54) is 12.1 Å². The van der Waals surface area contributed by atoms with Crippen molar-refractivity contribution >= 4 is 17.7 Å². The molecule has 1 aliphatic rings. The molecule has 1 N–H and O–H groups in total. The van der Waals surface area contributed by atoms with Gasteiger partial charge in [-0.25, -0.2) is 9.18 Å². The van der Waals surface area contributed by atoms with Crippen molar-refractivity contribution in [3.05, 3.63) is 47.0 Å². The first kappa shape index (κ1) is 27.3. The molecule has 2 amide bonds. The summed E-state index contributed by atoms with van der Waals surface area (Å²) in [4.78, 5) is 37.4. The molecule has 0 spiro atoms. The van der Waals surface area contributed by atoms with Crippen molar-refractivity contribution < 1.29 is 23.5 Å². The molecule has 1 aromatic heterocycles. The van der Waals surface area contributed by atoms with Gasteiger partial charge in [-0.3, -0.25) is 15.0 Å². The molecule has 2 aromatic rings. The average molecular weight is 502 g/mol. The third-order valence-corrected chi connectivity index (χ3v) is 6.02. The van der Waals surface area contributed by atoms with Gasteiger partial charge >= 0.3 is 12.1 Å². The number of rotatable bonds is 7. The second-order valence-corrected chi connectivity index (χ2v) is 10.1. The fraction of sp³-hybridized carbons (Fsp3) is 0.538. The molecule has 0 aliphatic carbocycles. The number of anilines is 1. The number of aromatic nitrogens is 2. The molecule has 1 aromatic carbocycles. The van der Waals surface area contributed by atoms with Crippen LogP contribution in [0.15, 0.2) is 24.3 Å². The Bertz CT molecular complexity index is 1040. The topological polar surface area (TPSA) is 96.9 Å². The molecule has 2 heterocycles. The van der Waals surface area contributed by atoms with E-state index in [2.05, 4.69) is 20.2 Å². The lowest BCUT2D eigenvalue weighted by Gasteiger charge is -2.36. The third kappa shape index (κ3) is 7.87. The van der Waals surface area contributed by atoms with Crippen molar-refractivity contribution in [3.8, 4) is 6.01 Å². The van der Waals surface area contributed by atoms with Gasteiger partial charge in [0.15, 0.2) is 6.61 Å². The molecule has 0 radical (unpaired) electrons. The first-order valence-electron chi connectivity index (χ1n) is 12.1. The SMILES string of the molecule is Cc1nc(OCC(=O)N(C)C2CCN(Cc3ccc(F)cc3)CC2)nc(C)c1NC(=O)OC(C)(C)C. The lowest BCUT2D eigenvalue weighted by Crippen LogP contribution is -2.46. The van der Waals surface area contributed by atoms with E-state index < -0.39 is 11.7 Å². The number of carbonyl (C=O) groups excluding carboxylic acids is 2. The van der Waals surface area contributed by atoms with E-state index in [9.17, 15) is 14.0 Å². The number of aryl methyl sites for hydroxylation is 2. The van der Waals surface area contributed by atoms with Gasteiger partial charge in [-0.2, -0.15) is 9.97 Å². The van der Waals surface area contributed by atoms with Crippen LogP contribution in [0, 0.1) is 19.7 Å². The van der Waals surface area contributed by atoms with E-state index in [0.29, 0.717) is 17.1 Å². The first-order chi connectivity index (χ1) is 16.9. The van der Waals surface area contributed by atoms with Crippen LogP contribution in [0.1, 0.15) is 50.6 Å². The van der Waals surface area contributed by atoms with E-state index >= 15 is 0 Å². The van der Waals surface area contributed by atoms with Crippen LogP contribution in [0.3, 0.4) is 0 Å². The zero-order valence-corrected chi connectivity index (χ0v) is 21.9. The smallest absolute Gasteiger partial charge is 0.412 e. The number of amides is 2. The number of nitrogens with zero attached hydrogens (tertiary/aromatic N) is 4. The van der Waals surface area contributed by atoms with E-state index in [1.807, 2.05) is 0 Å². The molecule has 196 valence electrons. The zero-order chi connectivity index (χ0) is 26.5. The number of hydrogen-bond acceptors (Lipinski definition) is 7. The normalized spacial score (nSPS) is 14.9. The minimum absolute atomic E-state index is 0.0793. The molecule has 9 nitrogen and oxygen atoms in total. The minimum Gasteiger partial charge on any atom is -0.453 e. The van der Waals surface area contributed by atoms with Crippen molar-refractivity contribution in [3.63, 3.8) is 0 Å². The number of likely N-dealkylation sites (tertiary alicyclic amines) is 1. The zero-order valence-electron chi connectivity index (χ0n) is 21.9. The molecule has 1 fully saturated rings. The summed E-state index contributed by atoms with van der Waals surface area (Å²) in [5, 5.41) is 2.67. The Hall–Kier alpha value is -3.27. The summed E-state index contributed by atoms with van der Waals surface area (Å²) in [6.07, 6.45) is 1.11. The molecule has 0 unspecified atom stereocenters. The molecule has 36 heavy (non-hydrogen) atoms. The number of halogens is 1. The number of likely N-dealkylation sites (N-methyl/N-ethyl adjacent to an activating group) is 1. The van der Waals surface area contributed by atoms with Crippen LogP contribution in [0.5, 0.6) is 6.01 Å². The average Bonchev–Trinajstić information content (AvgIpc) is 2.80. The summed E-state index contributed by atoms with van der Waals surface area (Å²) >= 11 is 0. The van der Waals surface area contributed by atoms with Crippen molar-refractivity contribution in [2.24, 2.45) is 0 Å². The summed E-state index contributed by atoms with van der Waals surface area (Å²) in [5.74, 6) is -0.384. The van der Waals surface area contributed by atoms with E-state index in [0.717, 1.165) is 38.0 Å². The maximum atomic E-state index is 13.1. The molecule has 3 rings (SSSR count). The maximum Gasteiger partial charge on any atom is 0.412 e. The van der Waals surface area contributed by atoms with E-state index in [-0.39, 0.29) is 30.4 Å². The molecular weight excluding hydrogens is 465 g/mol. The monoisotopic (exact) mass is 501 g/mol. The predicted octanol–water partition coefficient (Wildman–Crippen LogP) is 4.08. The minimum atomic E-state index is -0.624. The Balaban J connectivity index is 1.48. The molecule has 10 heteroatoms. The number of ether oxygens (including phenoxy) is 2. The summed E-state index contributed by atoms with van der Waals surface area (Å²) in [7, 11) is 1.79. The number of carbonyl (C=O) groups is 2. The van der Waals surface area contributed by atoms with Gasteiger partial charge < -0.3 is 14.4 Å². The lowest BCUT2D eigenvalue weighted by molar-refractivity contribution is -0.135. The Kier molecular flexibility index (Phi) is 8.84. The molecule has 0 atom stereocenters. The van der Waals surface area contributed by atoms with Crippen LogP contribution < -0.4 is 10.1 Å². The predicted molar refractivity (Wildman–Crippen MR) is 134 cm³/mol. The van der Waals surface area contributed by atoms with Gasteiger partial charge in [-0.05, 0) is 65.2 Å². The third-order valence-electron chi connectivity index (χ3n) is 6.02. The van der Waals surface area contributed by atoms with Gasteiger partial charge in [0.2, 0.25) is 0 Å².